The number of rotatable bonds is 2. The first kappa shape index (κ1) is 8.11. The van der Waals surface area contributed by atoms with Crippen molar-refractivity contribution in [3.63, 3.8) is 0 Å². The van der Waals surface area contributed by atoms with E-state index in [1.807, 2.05) is 13.8 Å². The Balaban J connectivity index is 3.12. The maximum Gasteiger partial charge on any atom is 0.325 e. The van der Waals surface area contributed by atoms with Crippen LogP contribution < -0.4 is 5.69 Å². The molecule has 0 aliphatic carbocycles. The molecule has 11 heavy (non-hydrogen) atoms. The second-order valence-corrected chi connectivity index (χ2v) is 2.79. The first-order valence-electron chi connectivity index (χ1n) is 3.92. The highest BCUT2D eigenvalue weighted by molar-refractivity contribution is 5.08. The number of aromatic amines is 1. The lowest BCUT2D eigenvalue weighted by Gasteiger charge is -1.99. The number of H-pyrrole nitrogens is 1. The minimum absolute atomic E-state index is 0.0156. The maximum atomic E-state index is 11.2. The average molecular weight is 154 g/mol. The molecule has 0 spiro atoms. The average Bonchev–Trinajstić information content (AvgIpc) is 2.17. The Hall–Kier alpha value is -0.990. The fourth-order valence-electron chi connectivity index (χ4n) is 1.17. The van der Waals surface area contributed by atoms with Gasteiger partial charge in [-0.15, -0.1) is 0 Å². The van der Waals surface area contributed by atoms with Crippen molar-refractivity contribution in [2.75, 3.05) is 0 Å². The molecule has 0 saturated heterocycles. The van der Waals surface area contributed by atoms with E-state index in [4.69, 9.17) is 0 Å². The summed E-state index contributed by atoms with van der Waals surface area (Å²) in [4.78, 5) is 13.9. The number of hydrogen-bond acceptors (Lipinski definition) is 1. The van der Waals surface area contributed by atoms with Gasteiger partial charge in [0.05, 0.1) is 0 Å². The van der Waals surface area contributed by atoms with Crippen molar-refractivity contribution in [2.45, 2.75) is 33.7 Å². The molecule has 1 rings (SSSR count). The lowest BCUT2D eigenvalue weighted by Crippen LogP contribution is -2.17. The summed E-state index contributed by atoms with van der Waals surface area (Å²) in [6, 6.07) is 0. The van der Waals surface area contributed by atoms with E-state index >= 15 is 0 Å². The topological polar surface area (TPSA) is 37.8 Å². The molecule has 3 heteroatoms. The van der Waals surface area contributed by atoms with Gasteiger partial charge in [-0.05, 0) is 20.3 Å². The quantitative estimate of drug-likeness (QED) is 0.683. The molecule has 3 nitrogen and oxygen atoms in total. The molecule has 0 bridgehead atoms. The van der Waals surface area contributed by atoms with Crippen LogP contribution in [0.5, 0.6) is 0 Å². The van der Waals surface area contributed by atoms with Gasteiger partial charge in [-0.2, -0.15) is 0 Å². The highest BCUT2D eigenvalue weighted by Gasteiger charge is 2.03. The minimum atomic E-state index is 0.0156. The third-order valence-electron chi connectivity index (χ3n) is 1.93. The Bertz CT molecular complexity index is 296. The van der Waals surface area contributed by atoms with E-state index in [0.29, 0.717) is 0 Å². The summed E-state index contributed by atoms with van der Waals surface area (Å²) in [6.07, 6.45) is 0.998. The van der Waals surface area contributed by atoms with Gasteiger partial charge in [0.25, 0.3) is 0 Å². The summed E-state index contributed by atoms with van der Waals surface area (Å²) >= 11 is 0. The number of nitrogens with one attached hydrogen (secondary N) is 1. The molecule has 1 heterocycles. The van der Waals surface area contributed by atoms with Crippen molar-refractivity contribution in [2.24, 2.45) is 0 Å². The lowest BCUT2D eigenvalue weighted by atomic mass is 10.3. The van der Waals surface area contributed by atoms with Crippen molar-refractivity contribution >= 4 is 0 Å². The highest BCUT2D eigenvalue weighted by atomic mass is 16.1. The molecule has 0 atom stereocenters. The van der Waals surface area contributed by atoms with Gasteiger partial charge in [0.15, 0.2) is 0 Å². The third-order valence-corrected chi connectivity index (χ3v) is 1.93. The normalized spacial score (nSPS) is 10.5. The fourth-order valence-corrected chi connectivity index (χ4v) is 1.17. The van der Waals surface area contributed by atoms with E-state index < -0.39 is 0 Å². The molecule has 0 amide bonds. The fraction of sp³-hybridized carbons (Fsp3) is 0.625. The van der Waals surface area contributed by atoms with Crippen LogP contribution in [0.1, 0.15) is 24.7 Å². The summed E-state index contributed by atoms with van der Waals surface area (Å²) in [6.45, 7) is 6.76. The van der Waals surface area contributed by atoms with Gasteiger partial charge in [-0.1, -0.05) is 6.92 Å². The van der Waals surface area contributed by atoms with E-state index in [-0.39, 0.29) is 5.69 Å². The van der Waals surface area contributed by atoms with Crippen LogP contribution in [0.3, 0.4) is 0 Å². The van der Waals surface area contributed by atoms with E-state index in [0.717, 1.165) is 24.4 Å². The predicted octanol–water partition coefficient (Wildman–Crippen LogP) is 1.20. The molecule has 0 aromatic carbocycles. The van der Waals surface area contributed by atoms with Crippen molar-refractivity contribution in [1.29, 1.82) is 0 Å². The monoisotopic (exact) mass is 154 g/mol. The Morgan fingerprint density at radius 2 is 2.09 bits per heavy atom. The number of imidazole rings is 1. The number of hydrogen-bond donors (Lipinski definition) is 1. The van der Waals surface area contributed by atoms with Crippen LogP contribution in [-0.2, 0) is 6.54 Å². The highest BCUT2D eigenvalue weighted by Crippen LogP contribution is 2.00. The zero-order valence-electron chi connectivity index (χ0n) is 7.27. The lowest BCUT2D eigenvalue weighted by molar-refractivity contribution is 0.640. The molecule has 1 aromatic heterocycles. The summed E-state index contributed by atoms with van der Waals surface area (Å²) < 4.78 is 1.77. The largest absolute Gasteiger partial charge is 0.325 e. The summed E-state index contributed by atoms with van der Waals surface area (Å²) in [5.41, 5.74) is 2.04. The van der Waals surface area contributed by atoms with E-state index in [9.17, 15) is 4.79 Å². The first-order valence-corrected chi connectivity index (χ1v) is 3.92. The number of nitrogens with zero attached hydrogens (tertiary/aromatic N) is 1. The van der Waals surface area contributed by atoms with E-state index in [2.05, 4.69) is 11.9 Å². The molecular weight excluding hydrogens is 140 g/mol. The van der Waals surface area contributed by atoms with Crippen LogP contribution in [0, 0.1) is 13.8 Å². The van der Waals surface area contributed by atoms with Gasteiger partial charge in [0.1, 0.15) is 0 Å². The van der Waals surface area contributed by atoms with Crippen LogP contribution in [0.15, 0.2) is 4.79 Å². The van der Waals surface area contributed by atoms with Crippen molar-refractivity contribution in [3.05, 3.63) is 21.9 Å². The summed E-state index contributed by atoms with van der Waals surface area (Å²) in [5.74, 6) is 0. The van der Waals surface area contributed by atoms with Gasteiger partial charge in [0, 0.05) is 17.9 Å². The van der Waals surface area contributed by atoms with Gasteiger partial charge in [0.2, 0.25) is 0 Å². The molecule has 0 unspecified atom stereocenters. The molecule has 62 valence electrons. The molecule has 0 aliphatic heterocycles. The Morgan fingerprint density at radius 1 is 1.45 bits per heavy atom. The van der Waals surface area contributed by atoms with Crippen LogP contribution >= 0.6 is 0 Å². The van der Waals surface area contributed by atoms with Gasteiger partial charge < -0.3 is 4.98 Å². The Labute approximate surface area is 66.1 Å². The number of aromatic nitrogens is 2. The van der Waals surface area contributed by atoms with E-state index in [1.165, 1.54) is 0 Å². The second kappa shape index (κ2) is 2.95. The first-order chi connectivity index (χ1) is 5.16. The molecule has 0 radical (unpaired) electrons. The molecule has 0 aliphatic rings. The Kier molecular flexibility index (Phi) is 2.17. The zero-order chi connectivity index (χ0) is 8.43. The van der Waals surface area contributed by atoms with Crippen molar-refractivity contribution in [3.8, 4) is 0 Å². The van der Waals surface area contributed by atoms with Crippen LogP contribution in [0.4, 0.5) is 0 Å². The summed E-state index contributed by atoms with van der Waals surface area (Å²) in [5, 5.41) is 0. The molecule has 0 fully saturated rings. The third kappa shape index (κ3) is 1.37. The van der Waals surface area contributed by atoms with Crippen LogP contribution in [0.2, 0.25) is 0 Å². The summed E-state index contributed by atoms with van der Waals surface area (Å²) in [7, 11) is 0. The van der Waals surface area contributed by atoms with E-state index in [1.54, 1.807) is 4.57 Å². The van der Waals surface area contributed by atoms with Gasteiger partial charge in [-0.25, -0.2) is 4.79 Å². The minimum Gasteiger partial charge on any atom is -0.310 e. The molecule has 0 saturated carbocycles. The molecule has 1 aromatic rings. The zero-order valence-corrected chi connectivity index (χ0v) is 7.27. The predicted molar refractivity (Wildman–Crippen MR) is 44.8 cm³/mol. The van der Waals surface area contributed by atoms with Crippen LogP contribution in [0.25, 0.3) is 0 Å². The molecule has 1 N–H and O–H groups in total. The standard InChI is InChI=1S/C8H14N2O/c1-4-5-10-7(3)6(2)9-8(10)11/h4-5H2,1-3H3,(H,9,11). The van der Waals surface area contributed by atoms with Crippen LogP contribution in [-0.4, -0.2) is 9.55 Å². The van der Waals surface area contributed by atoms with Gasteiger partial charge in [-0.3, -0.25) is 4.57 Å². The Morgan fingerprint density at radius 3 is 2.45 bits per heavy atom. The maximum absolute atomic E-state index is 11.2. The SMILES string of the molecule is CCCn1c(C)c(C)[nH]c1=O. The van der Waals surface area contributed by atoms with Gasteiger partial charge >= 0.3 is 5.69 Å². The molecular formula is C8H14N2O. The van der Waals surface area contributed by atoms with Crippen molar-refractivity contribution in [1.82, 2.24) is 9.55 Å². The smallest absolute Gasteiger partial charge is 0.310 e. The number of aryl methyl sites for hydroxylation is 1. The second-order valence-electron chi connectivity index (χ2n) is 2.79. The van der Waals surface area contributed by atoms with Crippen molar-refractivity contribution < 1.29 is 0 Å².